The zero-order valence-electron chi connectivity index (χ0n) is 18.3. The normalized spacial score (nSPS) is 23.2. The predicted octanol–water partition coefficient (Wildman–Crippen LogP) is 4.88. The average Bonchev–Trinajstić information content (AvgIpc) is 2.70. The molecule has 1 heterocycles. The number of esters is 1. The van der Waals surface area contributed by atoms with Gasteiger partial charge < -0.3 is 15.0 Å². The fourth-order valence-electron chi connectivity index (χ4n) is 5.25. The second kappa shape index (κ2) is 8.98. The molecule has 0 radical (unpaired) electrons. The van der Waals surface area contributed by atoms with Crippen LogP contribution in [0.1, 0.15) is 31.7 Å². The van der Waals surface area contributed by atoms with E-state index in [1.807, 2.05) is 0 Å². The quantitative estimate of drug-likeness (QED) is 0.518. The van der Waals surface area contributed by atoms with Crippen LogP contribution in [-0.4, -0.2) is 40.8 Å². The number of anilines is 1. The van der Waals surface area contributed by atoms with Crippen LogP contribution in [0.2, 0.25) is 15.1 Å². The first-order chi connectivity index (χ1) is 16.0. The van der Waals surface area contributed by atoms with Gasteiger partial charge in [-0.25, -0.2) is 9.37 Å². The van der Waals surface area contributed by atoms with E-state index in [1.54, 1.807) is 18.2 Å². The minimum atomic E-state index is -1.000. The minimum Gasteiger partial charge on any atom is -0.469 e. The standard InChI is InChI=1S/C23H21Cl3FN3O4/c1-12(31)30(8-13-3-4-14(24)5-16(13)26)18(22-9-23(10-22,11-22)21(33)34-2)20(32)29-19-17(27)6-15(25)7-28-19/h3-7,18H,8-11H2,1-2H3,(H,28,29,32). The van der Waals surface area contributed by atoms with E-state index in [4.69, 9.17) is 39.5 Å². The monoisotopic (exact) mass is 527 g/mol. The summed E-state index contributed by atoms with van der Waals surface area (Å²) in [7, 11) is 1.32. The first-order valence-electron chi connectivity index (χ1n) is 10.4. The third kappa shape index (κ3) is 4.23. The summed E-state index contributed by atoms with van der Waals surface area (Å²) in [6.07, 6.45) is 2.33. The molecule has 2 amide bonds. The maximum absolute atomic E-state index is 14.4. The molecule has 0 spiro atoms. The molecule has 1 atom stereocenters. The zero-order chi connectivity index (χ0) is 24.8. The lowest BCUT2D eigenvalue weighted by molar-refractivity contribution is -0.244. The number of carbonyl (C=O) groups excluding carboxylic acids is 3. The van der Waals surface area contributed by atoms with Gasteiger partial charge in [0.15, 0.2) is 11.6 Å². The average molecular weight is 529 g/mol. The molecule has 2 bridgehead atoms. The third-order valence-electron chi connectivity index (χ3n) is 6.64. The predicted molar refractivity (Wildman–Crippen MR) is 125 cm³/mol. The molecule has 7 nitrogen and oxygen atoms in total. The second-order valence-electron chi connectivity index (χ2n) is 8.92. The number of hydrogen-bond donors (Lipinski definition) is 1. The molecule has 3 aliphatic rings. The highest BCUT2D eigenvalue weighted by molar-refractivity contribution is 6.35. The molecule has 3 fully saturated rings. The Morgan fingerprint density at radius 3 is 2.41 bits per heavy atom. The molecule has 0 aliphatic heterocycles. The van der Waals surface area contributed by atoms with Crippen molar-refractivity contribution >= 4 is 58.4 Å². The Labute approximate surface area is 210 Å². The van der Waals surface area contributed by atoms with Gasteiger partial charge in [-0.3, -0.25) is 14.4 Å². The Morgan fingerprint density at radius 2 is 1.85 bits per heavy atom. The van der Waals surface area contributed by atoms with E-state index in [-0.39, 0.29) is 29.3 Å². The van der Waals surface area contributed by atoms with Crippen molar-refractivity contribution in [2.24, 2.45) is 10.8 Å². The molecule has 11 heteroatoms. The Hall–Kier alpha value is -2.42. The van der Waals surface area contributed by atoms with Crippen molar-refractivity contribution in [2.75, 3.05) is 12.4 Å². The van der Waals surface area contributed by atoms with Crippen molar-refractivity contribution in [3.63, 3.8) is 0 Å². The van der Waals surface area contributed by atoms with Crippen LogP contribution in [0.4, 0.5) is 10.2 Å². The van der Waals surface area contributed by atoms with Gasteiger partial charge in [-0.2, -0.15) is 0 Å². The molecule has 5 rings (SSSR count). The molecule has 34 heavy (non-hydrogen) atoms. The summed E-state index contributed by atoms with van der Waals surface area (Å²) in [5, 5.41) is 3.34. The van der Waals surface area contributed by atoms with Gasteiger partial charge in [0.1, 0.15) is 6.04 Å². The topological polar surface area (TPSA) is 88.6 Å². The first kappa shape index (κ1) is 24.7. The molecule has 3 saturated carbocycles. The van der Waals surface area contributed by atoms with Crippen LogP contribution in [0.3, 0.4) is 0 Å². The maximum atomic E-state index is 14.4. The van der Waals surface area contributed by atoms with E-state index in [2.05, 4.69) is 10.3 Å². The van der Waals surface area contributed by atoms with Crippen LogP contribution in [0.5, 0.6) is 0 Å². The number of benzene rings is 1. The van der Waals surface area contributed by atoms with Crippen molar-refractivity contribution in [1.82, 2.24) is 9.88 Å². The van der Waals surface area contributed by atoms with Gasteiger partial charge in [0.05, 0.1) is 17.5 Å². The van der Waals surface area contributed by atoms with Crippen molar-refractivity contribution in [3.8, 4) is 0 Å². The second-order valence-corrected chi connectivity index (χ2v) is 10.2. The lowest BCUT2D eigenvalue weighted by Gasteiger charge is -2.71. The van der Waals surface area contributed by atoms with E-state index < -0.39 is 28.6 Å². The van der Waals surface area contributed by atoms with Crippen molar-refractivity contribution < 1.29 is 23.5 Å². The molecule has 2 aromatic rings. The Bertz CT molecular complexity index is 1170. The number of rotatable bonds is 7. The number of nitrogens with one attached hydrogen (secondary N) is 1. The molecule has 0 saturated heterocycles. The highest BCUT2D eigenvalue weighted by Crippen LogP contribution is 2.75. The van der Waals surface area contributed by atoms with Gasteiger partial charge in [0.2, 0.25) is 11.8 Å². The number of nitrogens with zero attached hydrogens (tertiary/aromatic N) is 2. The molecule has 1 N–H and O–H groups in total. The van der Waals surface area contributed by atoms with Crippen LogP contribution in [0.25, 0.3) is 0 Å². The Kier molecular flexibility index (Phi) is 6.52. The van der Waals surface area contributed by atoms with Crippen LogP contribution in [0, 0.1) is 16.6 Å². The van der Waals surface area contributed by atoms with Crippen molar-refractivity contribution in [3.05, 3.63) is 56.9 Å². The molecule has 1 aromatic carbocycles. The van der Waals surface area contributed by atoms with Crippen molar-refractivity contribution in [1.29, 1.82) is 0 Å². The summed E-state index contributed by atoms with van der Waals surface area (Å²) >= 11 is 18.1. The maximum Gasteiger partial charge on any atom is 0.311 e. The summed E-state index contributed by atoms with van der Waals surface area (Å²) < 4.78 is 19.3. The summed E-state index contributed by atoms with van der Waals surface area (Å²) in [5.74, 6) is -2.45. The first-order valence-corrected chi connectivity index (χ1v) is 11.6. The summed E-state index contributed by atoms with van der Waals surface area (Å²) in [6, 6.07) is 4.89. The molecular formula is C23H21Cl3FN3O4. The number of amides is 2. The third-order valence-corrected chi connectivity index (χ3v) is 7.43. The number of carbonyl (C=O) groups is 3. The number of halogens is 4. The molecule has 1 aromatic heterocycles. The molecule has 3 aliphatic carbocycles. The van der Waals surface area contributed by atoms with Gasteiger partial charge in [-0.05, 0) is 43.0 Å². The number of hydrogen-bond acceptors (Lipinski definition) is 5. The van der Waals surface area contributed by atoms with E-state index in [0.29, 0.717) is 34.9 Å². The van der Waals surface area contributed by atoms with E-state index in [1.165, 1.54) is 25.1 Å². The molecule has 180 valence electrons. The van der Waals surface area contributed by atoms with E-state index in [0.717, 1.165) is 6.07 Å². The smallest absolute Gasteiger partial charge is 0.311 e. The number of ether oxygens (including phenoxy) is 1. The number of pyridine rings is 1. The molecule has 1 unspecified atom stereocenters. The highest BCUT2D eigenvalue weighted by atomic mass is 35.5. The SMILES string of the molecule is COC(=O)C12CC(C(C(=O)Nc3ncc(Cl)cc3F)N(Cc3ccc(Cl)cc3Cl)C(C)=O)(C1)C2. The number of methoxy groups -OCH3 is 1. The fourth-order valence-corrected chi connectivity index (χ4v) is 5.86. The van der Waals surface area contributed by atoms with Crippen molar-refractivity contribution in [2.45, 2.75) is 38.8 Å². The zero-order valence-corrected chi connectivity index (χ0v) is 20.6. The van der Waals surface area contributed by atoms with Crippen LogP contribution >= 0.6 is 34.8 Å². The van der Waals surface area contributed by atoms with Gasteiger partial charge in [0.25, 0.3) is 0 Å². The van der Waals surface area contributed by atoms with E-state index >= 15 is 0 Å². The van der Waals surface area contributed by atoms with Gasteiger partial charge >= 0.3 is 5.97 Å². The summed E-state index contributed by atoms with van der Waals surface area (Å²) in [4.78, 5) is 43.8. The number of aromatic nitrogens is 1. The summed E-state index contributed by atoms with van der Waals surface area (Å²) in [6.45, 7) is 1.36. The summed E-state index contributed by atoms with van der Waals surface area (Å²) in [5.41, 5.74) is -0.729. The van der Waals surface area contributed by atoms with Gasteiger partial charge in [-0.15, -0.1) is 0 Å². The molecular weight excluding hydrogens is 508 g/mol. The lowest BCUT2D eigenvalue weighted by atomic mass is 9.33. The fraction of sp³-hybridized carbons (Fsp3) is 0.391. The van der Waals surface area contributed by atoms with Gasteiger partial charge in [0, 0.05) is 35.1 Å². The Balaban J connectivity index is 1.67. The Morgan fingerprint density at radius 1 is 1.18 bits per heavy atom. The van der Waals surface area contributed by atoms with Crippen LogP contribution in [-0.2, 0) is 25.7 Å². The van der Waals surface area contributed by atoms with Crippen LogP contribution in [0.15, 0.2) is 30.5 Å². The van der Waals surface area contributed by atoms with Crippen LogP contribution < -0.4 is 5.32 Å². The lowest BCUT2D eigenvalue weighted by Crippen LogP contribution is -2.74. The van der Waals surface area contributed by atoms with Gasteiger partial charge in [-0.1, -0.05) is 40.9 Å². The highest BCUT2D eigenvalue weighted by Gasteiger charge is 2.76. The minimum absolute atomic E-state index is 0.0208. The largest absolute Gasteiger partial charge is 0.469 e. The van der Waals surface area contributed by atoms with E-state index in [9.17, 15) is 18.8 Å².